The van der Waals surface area contributed by atoms with Crippen LogP contribution in [-0.4, -0.2) is 30.4 Å². The number of likely N-dealkylation sites (tertiary alicyclic amines) is 1. The largest absolute Gasteiger partial charge is 0.368 e. The van der Waals surface area contributed by atoms with E-state index < -0.39 is 6.04 Å². The van der Waals surface area contributed by atoms with Gasteiger partial charge in [0.2, 0.25) is 5.91 Å². The number of amides is 1. The number of rotatable bonds is 7. The van der Waals surface area contributed by atoms with Crippen LogP contribution in [-0.2, 0) is 11.3 Å². The first-order chi connectivity index (χ1) is 12.2. The lowest BCUT2D eigenvalue weighted by Crippen LogP contribution is -2.42. The van der Waals surface area contributed by atoms with E-state index in [2.05, 4.69) is 40.5 Å². The van der Waals surface area contributed by atoms with E-state index in [9.17, 15) is 4.79 Å². The van der Waals surface area contributed by atoms with Gasteiger partial charge in [-0.2, -0.15) is 0 Å². The first-order valence-corrected chi connectivity index (χ1v) is 9.06. The van der Waals surface area contributed by atoms with Crippen molar-refractivity contribution in [1.29, 1.82) is 0 Å². The van der Waals surface area contributed by atoms with Gasteiger partial charge in [0.25, 0.3) is 0 Å². The van der Waals surface area contributed by atoms with E-state index >= 15 is 0 Å². The Morgan fingerprint density at radius 1 is 1.12 bits per heavy atom. The molecule has 1 fully saturated rings. The molecule has 4 heteroatoms. The molecule has 0 radical (unpaired) electrons. The zero-order valence-electron chi connectivity index (χ0n) is 14.6. The van der Waals surface area contributed by atoms with Crippen molar-refractivity contribution >= 4 is 5.91 Å². The Morgan fingerprint density at radius 3 is 2.48 bits per heavy atom. The number of primary amides is 1. The van der Waals surface area contributed by atoms with Crippen molar-refractivity contribution in [1.82, 2.24) is 10.2 Å². The molecule has 1 amide bonds. The van der Waals surface area contributed by atoms with Crippen LogP contribution in [0.3, 0.4) is 0 Å². The number of piperidine rings is 1. The molecule has 1 aliphatic rings. The molecule has 0 spiro atoms. The van der Waals surface area contributed by atoms with Gasteiger partial charge in [-0.25, -0.2) is 0 Å². The second-order valence-corrected chi connectivity index (χ2v) is 6.88. The molecule has 1 saturated heterocycles. The summed E-state index contributed by atoms with van der Waals surface area (Å²) in [6, 6.07) is 19.9. The van der Waals surface area contributed by atoms with Crippen molar-refractivity contribution in [3.8, 4) is 0 Å². The number of nitrogens with two attached hydrogens (primary N) is 1. The van der Waals surface area contributed by atoms with E-state index in [1.165, 1.54) is 18.4 Å². The fraction of sp³-hybridized carbons (Fsp3) is 0.381. The molecule has 0 saturated carbocycles. The first-order valence-electron chi connectivity index (χ1n) is 9.06. The highest BCUT2D eigenvalue weighted by molar-refractivity contribution is 5.81. The topological polar surface area (TPSA) is 58.4 Å². The van der Waals surface area contributed by atoms with E-state index in [1.807, 2.05) is 30.3 Å². The van der Waals surface area contributed by atoms with Gasteiger partial charge in [-0.3, -0.25) is 9.69 Å². The van der Waals surface area contributed by atoms with Gasteiger partial charge < -0.3 is 11.1 Å². The zero-order valence-corrected chi connectivity index (χ0v) is 14.6. The molecule has 1 heterocycles. The third kappa shape index (κ3) is 5.15. The van der Waals surface area contributed by atoms with E-state index in [-0.39, 0.29) is 5.91 Å². The Kier molecular flexibility index (Phi) is 6.20. The fourth-order valence-corrected chi connectivity index (χ4v) is 3.62. The minimum absolute atomic E-state index is 0.317. The van der Waals surface area contributed by atoms with Gasteiger partial charge in [0.15, 0.2) is 0 Å². The summed E-state index contributed by atoms with van der Waals surface area (Å²) in [5.41, 5.74) is 7.90. The van der Waals surface area contributed by atoms with Gasteiger partial charge >= 0.3 is 0 Å². The zero-order chi connectivity index (χ0) is 17.5. The van der Waals surface area contributed by atoms with Crippen LogP contribution < -0.4 is 11.1 Å². The lowest BCUT2D eigenvalue weighted by molar-refractivity contribution is -0.120. The summed E-state index contributed by atoms with van der Waals surface area (Å²) in [5.74, 6) is 0.228. The molecule has 3 rings (SSSR count). The Labute approximate surface area is 150 Å². The molecule has 132 valence electrons. The van der Waals surface area contributed by atoms with Crippen molar-refractivity contribution in [2.24, 2.45) is 11.7 Å². The summed E-state index contributed by atoms with van der Waals surface area (Å²) in [7, 11) is 0. The van der Waals surface area contributed by atoms with Gasteiger partial charge in [0.05, 0.1) is 0 Å². The van der Waals surface area contributed by atoms with Crippen molar-refractivity contribution in [3.63, 3.8) is 0 Å². The normalized spacial score (nSPS) is 19.4. The molecule has 25 heavy (non-hydrogen) atoms. The Hall–Kier alpha value is -2.17. The lowest BCUT2D eigenvalue weighted by atomic mass is 9.96. The highest BCUT2D eigenvalue weighted by atomic mass is 16.1. The number of hydrogen-bond donors (Lipinski definition) is 2. The van der Waals surface area contributed by atoms with Crippen molar-refractivity contribution in [3.05, 3.63) is 71.8 Å². The molecule has 1 aliphatic heterocycles. The monoisotopic (exact) mass is 337 g/mol. The van der Waals surface area contributed by atoms with Crippen LogP contribution in [0.5, 0.6) is 0 Å². The van der Waals surface area contributed by atoms with Gasteiger partial charge in [-0.1, -0.05) is 60.7 Å². The highest BCUT2D eigenvalue weighted by Gasteiger charge is 2.23. The summed E-state index contributed by atoms with van der Waals surface area (Å²) in [6.45, 7) is 4.01. The third-order valence-electron chi connectivity index (χ3n) is 4.88. The quantitative estimate of drug-likeness (QED) is 0.817. The van der Waals surface area contributed by atoms with Crippen molar-refractivity contribution in [2.75, 3.05) is 19.6 Å². The fourth-order valence-electron chi connectivity index (χ4n) is 3.62. The second kappa shape index (κ2) is 8.79. The van der Waals surface area contributed by atoms with Crippen LogP contribution in [0.2, 0.25) is 0 Å². The summed E-state index contributed by atoms with van der Waals surface area (Å²) in [6.07, 6.45) is 2.39. The number of benzene rings is 2. The SMILES string of the molecule is NC(=O)[C@@H](NC[C@@H]1CCCN(Cc2ccccc2)C1)c1ccccc1. The Balaban J connectivity index is 1.54. The van der Waals surface area contributed by atoms with Crippen LogP contribution in [0, 0.1) is 5.92 Å². The number of nitrogens with zero attached hydrogens (tertiary/aromatic N) is 1. The molecule has 4 nitrogen and oxygen atoms in total. The molecular weight excluding hydrogens is 310 g/mol. The third-order valence-corrected chi connectivity index (χ3v) is 4.88. The van der Waals surface area contributed by atoms with Crippen LogP contribution in [0.15, 0.2) is 60.7 Å². The van der Waals surface area contributed by atoms with Crippen LogP contribution >= 0.6 is 0 Å². The summed E-state index contributed by atoms with van der Waals surface area (Å²) in [4.78, 5) is 14.3. The molecule has 0 aliphatic carbocycles. The second-order valence-electron chi connectivity index (χ2n) is 6.88. The Bertz CT molecular complexity index is 659. The van der Waals surface area contributed by atoms with E-state index in [0.29, 0.717) is 5.92 Å². The molecular formula is C21H27N3O. The van der Waals surface area contributed by atoms with Crippen molar-refractivity contribution in [2.45, 2.75) is 25.4 Å². The van der Waals surface area contributed by atoms with Gasteiger partial charge in [0.1, 0.15) is 6.04 Å². The van der Waals surface area contributed by atoms with Crippen LogP contribution in [0.1, 0.15) is 30.0 Å². The maximum atomic E-state index is 11.8. The molecule has 2 atom stereocenters. The van der Waals surface area contributed by atoms with Gasteiger partial charge in [-0.05, 0) is 36.4 Å². The predicted molar refractivity (Wildman–Crippen MR) is 101 cm³/mol. The molecule has 3 N–H and O–H groups in total. The van der Waals surface area contributed by atoms with Crippen LogP contribution in [0.4, 0.5) is 0 Å². The molecule has 0 bridgehead atoms. The molecule has 0 aromatic heterocycles. The summed E-state index contributed by atoms with van der Waals surface area (Å²) < 4.78 is 0. The minimum atomic E-state index is -0.411. The summed E-state index contributed by atoms with van der Waals surface area (Å²) >= 11 is 0. The standard InChI is InChI=1S/C21H27N3O/c22-21(25)20(19-11-5-2-6-12-19)23-14-18-10-7-13-24(16-18)15-17-8-3-1-4-9-17/h1-6,8-9,11-12,18,20,23H,7,10,13-16H2,(H2,22,25)/t18-,20-/m0/s1. The van der Waals surface area contributed by atoms with E-state index in [4.69, 9.17) is 5.73 Å². The number of carbonyl (C=O) groups is 1. The maximum Gasteiger partial charge on any atom is 0.239 e. The smallest absolute Gasteiger partial charge is 0.239 e. The van der Waals surface area contributed by atoms with E-state index in [1.54, 1.807) is 0 Å². The first kappa shape index (κ1) is 17.6. The average Bonchev–Trinajstić information content (AvgIpc) is 2.64. The number of nitrogens with one attached hydrogen (secondary N) is 1. The molecule has 2 aromatic rings. The average molecular weight is 337 g/mol. The van der Waals surface area contributed by atoms with Crippen LogP contribution in [0.25, 0.3) is 0 Å². The van der Waals surface area contributed by atoms with Crippen molar-refractivity contribution < 1.29 is 4.79 Å². The maximum absolute atomic E-state index is 11.8. The lowest BCUT2D eigenvalue weighted by Gasteiger charge is -2.33. The predicted octanol–water partition coefficient (Wildman–Crippen LogP) is 2.71. The Morgan fingerprint density at radius 2 is 1.80 bits per heavy atom. The van der Waals surface area contributed by atoms with E-state index in [0.717, 1.165) is 31.7 Å². The number of hydrogen-bond acceptors (Lipinski definition) is 3. The molecule has 2 aromatic carbocycles. The van der Waals surface area contributed by atoms with Gasteiger partial charge in [0, 0.05) is 19.6 Å². The number of carbonyl (C=O) groups excluding carboxylic acids is 1. The van der Waals surface area contributed by atoms with Gasteiger partial charge in [-0.15, -0.1) is 0 Å². The summed E-state index contributed by atoms with van der Waals surface area (Å²) in [5, 5.41) is 3.39. The molecule has 0 unspecified atom stereocenters. The highest BCUT2D eigenvalue weighted by Crippen LogP contribution is 2.20. The minimum Gasteiger partial charge on any atom is -0.368 e.